The van der Waals surface area contributed by atoms with Crippen molar-refractivity contribution >= 4 is 29.1 Å². The van der Waals surface area contributed by atoms with Crippen molar-refractivity contribution < 1.29 is 33.3 Å². The van der Waals surface area contributed by atoms with Crippen LogP contribution in [0.25, 0.3) is 10.8 Å². The van der Waals surface area contributed by atoms with Gasteiger partial charge in [0.25, 0.3) is 0 Å². The SMILES string of the molecule is COc1cc2ccc3cc2cc1CCCC(C)(C)CCOC(=O)N[C@@H](C1CCOCC1)C(=O)N1C[C@@]3(OC)C[C@H]1C=O. The van der Waals surface area contributed by atoms with E-state index >= 15 is 0 Å². The van der Waals surface area contributed by atoms with Gasteiger partial charge in [0.05, 0.1) is 26.3 Å². The number of hydrogen-bond acceptors (Lipinski definition) is 7. The molecule has 1 N–H and O–H groups in total. The summed E-state index contributed by atoms with van der Waals surface area (Å²) in [5, 5.41) is 4.99. The van der Waals surface area contributed by atoms with Gasteiger partial charge >= 0.3 is 6.09 Å². The van der Waals surface area contributed by atoms with E-state index in [1.165, 1.54) is 0 Å². The van der Waals surface area contributed by atoms with Crippen molar-refractivity contribution in [2.24, 2.45) is 11.3 Å². The third-order valence-electron chi connectivity index (χ3n) is 9.55. The van der Waals surface area contributed by atoms with E-state index in [0.717, 1.165) is 53.2 Å². The predicted octanol–water partition coefficient (Wildman–Crippen LogP) is 4.76. The summed E-state index contributed by atoms with van der Waals surface area (Å²) in [4.78, 5) is 41.2. The number of ether oxygens (including phenoxy) is 4. The van der Waals surface area contributed by atoms with Crippen LogP contribution >= 0.6 is 0 Å². The second-order valence-electron chi connectivity index (χ2n) is 12.8. The summed E-state index contributed by atoms with van der Waals surface area (Å²) < 4.78 is 23.1. The van der Waals surface area contributed by atoms with Crippen molar-refractivity contribution in [3.63, 3.8) is 0 Å². The number of nitrogens with one attached hydrogen (secondary N) is 1. The molecule has 0 radical (unpaired) electrons. The number of alkyl carbamates (subject to hydrolysis) is 1. The van der Waals surface area contributed by atoms with Gasteiger partial charge in [0.1, 0.15) is 23.7 Å². The highest BCUT2D eigenvalue weighted by Gasteiger charge is 2.50. The molecule has 2 fully saturated rings. The largest absolute Gasteiger partial charge is 0.496 e. The predicted molar refractivity (Wildman–Crippen MR) is 159 cm³/mol. The fourth-order valence-electron chi connectivity index (χ4n) is 6.82. The number of carbonyl (C=O) groups is 3. The van der Waals surface area contributed by atoms with E-state index < -0.39 is 23.8 Å². The van der Waals surface area contributed by atoms with Gasteiger partial charge in [0, 0.05) is 26.7 Å². The molecule has 3 heterocycles. The Hall–Kier alpha value is -3.17. The molecule has 2 aromatic carbocycles. The van der Waals surface area contributed by atoms with Crippen molar-refractivity contribution in [3.05, 3.63) is 41.5 Å². The minimum atomic E-state index is -0.872. The van der Waals surface area contributed by atoms with Crippen LogP contribution in [0.4, 0.5) is 4.79 Å². The number of hydrogen-bond donors (Lipinski definition) is 1. The van der Waals surface area contributed by atoms with Crippen LogP contribution in [0.3, 0.4) is 0 Å². The first kappa shape index (κ1) is 30.3. The normalized spacial score (nSPS) is 27.7. The fraction of sp³-hybridized carbons (Fsp3) is 0.606. The number of amides is 2. The maximum atomic E-state index is 14.2. The third kappa shape index (κ3) is 6.27. The third-order valence-corrected chi connectivity index (χ3v) is 9.55. The molecule has 0 aromatic heterocycles. The molecule has 228 valence electrons. The molecular formula is C33H44N2O7. The van der Waals surface area contributed by atoms with Crippen molar-refractivity contribution in [1.82, 2.24) is 10.2 Å². The zero-order valence-electron chi connectivity index (χ0n) is 25.3. The van der Waals surface area contributed by atoms with Crippen LogP contribution in [0.1, 0.15) is 63.5 Å². The number of aldehydes is 1. The molecule has 42 heavy (non-hydrogen) atoms. The van der Waals surface area contributed by atoms with Crippen LogP contribution in [0.5, 0.6) is 5.75 Å². The summed E-state index contributed by atoms with van der Waals surface area (Å²) in [6, 6.07) is 8.92. The highest BCUT2D eigenvalue weighted by molar-refractivity contribution is 5.89. The van der Waals surface area contributed by atoms with Crippen LogP contribution < -0.4 is 10.1 Å². The van der Waals surface area contributed by atoms with Crippen LogP contribution in [-0.2, 0) is 35.8 Å². The molecule has 2 amide bonds. The fourth-order valence-corrected chi connectivity index (χ4v) is 6.82. The smallest absolute Gasteiger partial charge is 0.407 e. The molecule has 2 saturated heterocycles. The standard InChI is InChI=1S/C33H44N2O7/c1-32(2)11-5-6-24-16-25-17-26(8-7-23(25)18-28(24)39-3)33(40-4)19-27(20-36)35(21-33)30(37)29(22-9-13-41-14-10-22)34-31(38)42-15-12-32/h7-8,16-18,20,22,27,29H,5-6,9-15,19,21H2,1-4H3,(H,34,38)/t27-,29-,33-/m0/s1. The average molecular weight is 581 g/mol. The number of rotatable bonds is 4. The Bertz CT molecular complexity index is 1300. The van der Waals surface area contributed by atoms with Crippen LogP contribution in [0.15, 0.2) is 30.3 Å². The van der Waals surface area contributed by atoms with Gasteiger partial charge < -0.3 is 34.0 Å². The van der Waals surface area contributed by atoms with E-state index in [9.17, 15) is 14.4 Å². The first-order valence-electron chi connectivity index (χ1n) is 15.1. The molecular weight excluding hydrogens is 536 g/mol. The second-order valence-corrected chi connectivity index (χ2v) is 12.8. The molecule has 3 aliphatic rings. The zero-order chi connectivity index (χ0) is 29.9. The monoisotopic (exact) mass is 580 g/mol. The molecule has 0 spiro atoms. The molecule has 2 aromatic rings. The highest BCUT2D eigenvalue weighted by atomic mass is 16.5. The van der Waals surface area contributed by atoms with Crippen LogP contribution in [-0.4, -0.2) is 75.9 Å². The van der Waals surface area contributed by atoms with E-state index in [-0.39, 0.29) is 30.4 Å². The van der Waals surface area contributed by atoms with E-state index in [1.54, 1.807) is 19.1 Å². The van der Waals surface area contributed by atoms with Crippen molar-refractivity contribution in [2.75, 3.05) is 40.6 Å². The van der Waals surface area contributed by atoms with E-state index in [4.69, 9.17) is 18.9 Å². The molecule has 9 nitrogen and oxygen atoms in total. The minimum Gasteiger partial charge on any atom is -0.496 e. The number of nitrogens with zero attached hydrogens (tertiary/aromatic N) is 1. The Morgan fingerprint density at radius 3 is 2.52 bits per heavy atom. The minimum absolute atomic E-state index is 0.0384. The number of aryl methyl sites for hydroxylation is 1. The van der Waals surface area contributed by atoms with Crippen molar-refractivity contribution in [3.8, 4) is 5.75 Å². The quantitative estimate of drug-likeness (QED) is 0.520. The van der Waals surface area contributed by atoms with E-state index in [0.29, 0.717) is 38.9 Å². The summed E-state index contributed by atoms with van der Waals surface area (Å²) in [6.07, 6.45) is 5.26. The topological polar surface area (TPSA) is 103 Å². The van der Waals surface area contributed by atoms with E-state index in [1.807, 2.05) is 12.1 Å². The Kier molecular flexibility index (Phi) is 9.08. The molecule has 3 aliphatic heterocycles. The summed E-state index contributed by atoms with van der Waals surface area (Å²) in [7, 11) is 3.33. The van der Waals surface area contributed by atoms with Crippen molar-refractivity contribution in [1.29, 1.82) is 0 Å². The Labute approximate surface area is 248 Å². The van der Waals surface area contributed by atoms with Gasteiger partial charge in [-0.1, -0.05) is 26.0 Å². The summed E-state index contributed by atoms with van der Waals surface area (Å²) in [5.74, 6) is 0.447. The van der Waals surface area contributed by atoms with Crippen molar-refractivity contribution in [2.45, 2.75) is 76.5 Å². The van der Waals surface area contributed by atoms with Crippen LogP contribution in [0, 0.1) is 11.3 Å². The van der Waals surface area contributed by atoms with Gasteiger partial charge in [0.15, 0.2) is 0 Å². The lowest BCUT2D eigenvalue weighted by atomic mass is 9.83. The lowest BCUT2D eigenvalue weighted by Crippen LogP contribution is -2.55. The van der Waals surface area contributed by atoms with Gasteiger partial charge in [-0.3, -0.25) is 4.79 Å². The Balaban J connectivity index is 1.56. The van der Waals surface area contributed by atoms with Crippen LogP contribution in [0.2, 0.25) is 0 Å². The van der Waals surface area contributed by atoms with E-state index in [2.05, 4.69) is 37.4 Å². The van der Waals surface area contributed by atoms with Gasteiger partial charge in [-0.25, -0.2) is 4.79 Å². The molecule has 5 bridgehead atoms. The van der Waals surface area contributed by atoms with Gasteiger partial charge in [0.2, 0.25) is 5.91 Å². The second kappa shape index (κ2) is 12.6. The summed E-state index contributed by atoms with van der Waals surface area (Å²) in [6.45, 7) is 5.85. The first-order valence-corrected chi connectivity index (χ1v) is 15.1. The maximum absolute atomic E-state index is 14.2. The lowest BCUT2D eigenvalue weighted by Gasteiger charge is -2.34. The molecule has 5 rings (SSSR count). The summed E-state index contributed by atoms with van der Waals surface area (Å²) in [5.41, 5.74) is 1.13. The highest BCUT2D eigenvalue weighted by Crippen LogP contribution is 2.41. The number of fused-ring (bicyclic) bond motifs is 5. The molecule has 9 heteroatoms. The van der Waals surface area contributed by atoms with Gasteiger partial charge in [-0.2, -0.15) is 0 Å². The summed E-state index contributed by atoms with van der Waals surface area (Å²) >= 11 is 0. The average Bonchev–Trinajstić information content (AvgIpc) is 3.39. The number of methoxy groups -OCH3 is 2. The van der Waals surface area contributed by atoms with Gasteiger partial charge in [-0.15, -0.1) is 0 Å². The maximum Gasteiger partial charge on any atom is 0.407 e. The number of cyclic esters (lactones) is 1. The van der Waals surface area contributed by atoms with Gasteiger partial charge in [-0.05, 0) is 90.0 Å². The molecule has 0 aliphatic carbocycles. The lowest BCUT2D eigenvalue weighted by molar-refractivity contribution is -0.139. The Morgan fingerprint density at radius 2 is 1.81 bits per heavy atom. The number of carbonyl (C=O) groups excluding carboxylic acids is 3. The number of benzene rings is 2. The molecule has 0 unspecified atom stereocenters. The molecule has 3 atom stereocenters. The molecule has 0 saturated carbocycles. The Morgan fingerprint density at radius 1 is 1.02 bits per heavy atom. The zero-order valence-corrected chi connectivity index (χ0v) is 25.3. The first-order chi connectivity index (χ1) is 20.2.